The lowest BCUT2D eigenvalue weighted by molar-refractivity contribution is 0.0698. The summed E-state index contributed by atoms with van der Waals surface area (Å²) in [7, 11) is 0. The van der Waals surface area contributed by atoms with E-state index in [1.807, 2.05) is 0 Å². The van der Waals surface area contributed by atoms with Crippen molar-refractivity contribution in [2.75, 3.05) is 19.8 Å². The minimum atomic E-state index is -1.21. The molecule has 0 aliphatic rings. The summed E-state index contributed by atoms with van der Waals surface area (Å²) in [6.07, 6.45) is 0. The van der Waals surface area contributed by atoms with Gasteiger partial charge in [-0.2, -0.15) is 0 Å². The molecule has 0 aliphatic heterocycles. The third-order valence-electron chi connectivity index (χ3n) is 0.945. The van der Waals surface area contributed by atoms with E-state index >= 15 is 0 Å². The monoisotopic (exact) mass is 154 g/mol. The van der Waals surface area contributed by atoms with Crippen LogP contribution in [0.3, 0.4) is 0 Å². The molecule has 6 heteroatoms. The average molecular weight is 154 g/mol. The highest BCUT2D eigenvalue weighted by atomic mass is 16.4. The summed E-state index contributed by atoms with van der Waals surface area (Å²) in [6.45, 7) is -1.21. The second-order valence-electron chi connectivity index (χ2n) is 1.84. The Balaban J connectivity index is 0. The zero-order valence-electron chi connectivity index (χ0n) is 5.56. The molecule has 0 saturated heterocycles. The summed E-state index contributed by atoms with van der Waals surface area (Å²) < 4.78 is 0. The van der Waals surface area contributed by atoms with Crippen molar-refractivity contribution in [1.29, 1.82) is 0 Å². The number of aliphatic hydroxyl groups excluding tert-OH is 3. The first-order valence-corrected chi connectivity index (χ1v) is 2.56. The number of aliphatic hydroxyl groups is 3. The molecule has 0 fully saturated rings. The van der Waals surface area contributed by atoms with Gasteiger partial charge < -0.3 is 26.3 Å². The van der Waals surface area contributed by atoms with E-state index in [2.05, 4.69) is 5.90 Å². The third kappa shape index (κ3) is 4.62. The first kappa shape index (κ1) is 12.4. The van der Waals surface area contributed by atoms with Gasteiger partial charge in [-0.1, -0.05) is 0 Å². The van der Waals surface area contributed by atoms with Gasteiger partial charge in [-0.15, -0.1) is 0 Å². The van der Waals surface area contributed by atoms with Crippen LogP contribution in [0.2, 0.25) is 0 Å². The Kier molecular flexibility index (Phi) is 8.55. The molecule has 0 aliphatic carbocycles. The van der Waals surface area contributed by atoms with Crippen LogP contribution < -0.4 is 11.6 Å². The number of hydrogen-bond acceptors (Lipinski definition) is 6. The van der Waals surface area contributed by atoms with Gasteiger partial charge in [-0.3, -0.25) is 0 Å². The summed E-state index contributed by atoms with van der Waals surface area (Å²) in [5, 5.41) is 31.5. The van der Waals surface area contributed by atoms with Crippen molar-refractivity contribution in [3.8, 4) is 0 Å². The largest absolute Gasteiger partial charge is 0.394 e. The molecule has 0 spiro atoms. The van der Waals surface area contributed by atoms with Crippen molar-refractivity contribution >= 4 is 0 Å². The van der Waals surface area contributed by atoms with Gasteiger partial charge in [0.25, 0.3) is 0 Å². The van der Waals surface area contributed by atoms with E-state index in [-0.39, 0.29) is 0 Å². The Morgan fingerprint density at radius 3 is 1.10 bits per heavy atom. The standard InChI is InChI=1S/C4H11NO3.H3NO/c5-4(1-6,2-7)3-8;1-2/h6-8H,1-3,5H2;2H,1H2. The molecule has 64 valence electrons. The van der Waals surface area contributed by atoms with E-state index in [1.165, 1.54) is 0 Å². The molecular weight excluding hydrogens is 140 g/mol. The Labute approximate surface area is 58.7 Å². The molecule has 10 heavy (non-hydrogen) atoms. The van der Waals surface area contributed by atoms with Gasteiger partial charge in [-0.25, -0.2) is 5.90 Å². The van der Waals surface area contributed by atoms with Gasteiger partial charge in [0.1, 0.15) is 0 Å². The predicted molar refractivity (Wildman–Crippen MR) is 34.1 cm³/mol. The maximum Gasteiger partial charge on any atom is 0.0856 e. The van der Waals surface area contributed by atoms with Gasteiger partial charge in [0.15, 0.2) is 0 Å². The lowest BCUT2D eigenvalue weighted by atomic mass is 10.1. The predicted octanol–water partition coefficient (Wildman–Crippen LogP) is -3.00. The molecule has 8 N–H and O–H groups in total. The van der Waals surface area contributed by atoms with Crippen LogP contribution in [0.5, 0.6) is 0 Å². The second kappa shape index (κ2) is 6.87. The molecule has 0 aromatic carbocycles. The Morgan fingerprint density at radius 2 is 1.10 bits per heavy atom. The van der Waals surface area contributed by atoms with Crippen molar-refractivity contribution in [2.24, 2.45) is 11.6 Å². The summed E-state index contributed by atoms with van der Waals surface area (Å²) in [5.41, 5.74) is 3.94. The van der Waals surface area contributed by atoms with Crippen LogP contribution in [-0.4, -0.2) is 45.9 Å². The summed E-state index contributed by atoms with van der Waals surface area (Å²) in [5.74, 6) is 3.50. The molecule has 6 nitrogen and oxygen atoms in total. The van der Waals surface area contributed by atoms with E-state index in [0.717, 1.165) is 0 Å². The molecule has 0 aromatic heterocycles. The zero-order chi connectivity index (χ0) is 8.62. The summed E-state index contributed by atoms with van der Waals surface area (Å²) >= 11 is 0. The van der Waals surface area contributed by atoms with Crippen LogP contribution in [-0.2, 0) is 0 Å². The van der Waals surface area contributed by atoms with Crippen molar-refractivity contribution in [3.63, 3.8) is 0 Å². The quantitative estimate of drug-likeness (QED) is 0.240. The molecule has 0 radical (unpaired) electrons. The number of nitrogens with two attached hydrogens (primary N) is 2. The Bertz CT molecular complexity index is 58.0. The van der Waals surface area contributed by atoms with Crippen LogP contribution >= 0.6 is 0 Å². The number of hydrogen-bond donors (Lipinski definition) is 6. The van der Waals surface area contributed by atoms with Gasteiger partial charge in [0.05, 0.1) is 25.4 Å². The first-order valence-electron chi connectivity index (χ1n) is 2.56. The molecule has 0 unspecified atom stereocenters. The fourth-order valence-electron chi connectivity index (χ4n) is 0.150. The fourth-order valence-corrected chi connectivity index (χ4v) is 0.150. The van der Waals surface area contributed by atoms with Gasteiger partial charge in [0.2, 0.25) is 0 Å². The zero-order valence-corrected chi connectivity index (χ0v) is 5.56. The molecule has 0 atom stereocenters. The van der Waals surface area contributed by atoms with E-state index in [1.54, 1.807) is 0 Å². The van der Waals surface area contributed by atoms with Crippen LogP contribution in [0.25, 0.3) is 0 Å². The molecule has 0 aromatic rings. The van der Waals surface area contributed by atoms with Crippen LogP contribution in [0.15, 0.2) is 0 Å². The SMILES string of the molecule is NC(CO)(CO)CO.NO. The van der Waals surface area contributed by atoms with Crippen molar-refractivity contribution < 1.29 is 20.5 Å². The topological polar surface area (TPSA) is 133 Å². The normalized spacial score (nSPS) is 10.2. The van der Waals surface area contributed by atoms with E-state index in [4.69, 9.17) is 26.3 Å². The van der Waals surface area contributed by atoms with E-state index in [9.17, 15) is 0 Å². The Hall–Kier alpha value is -0.240. The summed E-state index contributed by atoms with van der Waals surface area (Å²) in [4.78, 5) is 0. The maximum absolute atomic E-state index is 8.34. The number of rotatable bonds is 3. The van der Waals surface area contributed by atoms with Crippen LogP contribution in [0, 0.1) is 0 Å². The summed E-state index contributed by atoms with van der Waals surface area (Å²) in [6, 6.07) is 0. The highest BCUT2D eigenvalue weighted by Crippen LogP contribution is 1.93. The van der Waals surface area contributed by atoms with E-state index in [0.29, 0.717) is 0 Å². The minimum Gasteiger partial charge on any atom is -0.394 e. The van der Waals surface area contributed by atoms with Gasteiger partial charge in [0, 0.05) is 0 Å². The lowest BCUT2D eigenvalue weighted by Gasteiger charge is -2.20. The van der Waals surface area contributed by atoms with Crippen LogP contribution in [0.4, 0.5) is 0 Å². The molecule has 0 rings (SSSR count). The minimum absolute atomic E-state index is 0.403. The molecule has 0 heterocycles. The Morgan fingerprint density at radius 1 is 0.900 bits per heavy atom. The van der Waals surface area contributed by atoms with Gasteiger partial charge >= 0.3 is 0 Å². The maximum atomic E-state index is 8.34. The third-order valence-corrected chi connectivity index (χ3v) is 0.945. The fraction of sp³-hybridized carbons (Fsp3) is 1.00. The highest BCUT2D eigenvalue weighted by Gasteiger charge is 2.20. The van der Waals surface area contributed by atoms with Crippen molar-refractivity contribution in [1.82, 2.24) is 0 Å². The second-order valence-corrected chi connectivity index (χ2v) is 1.84. The molecular formula is C4H14N2O4. The molecule has 0 amide bonds. The smallest absolute Gasteiger partial charge is 0.0856 e. The molecule has 0 saturated carbocycles. The average Bonchev–Trinajstić information content (AvgIpc) is 2.07. The first-order chi connectivity index (χ1) is 4.68. The van der Waals surface area contributed by atoms with Crippen molar-refractivity contribution in [3.05, 3.63) is 0 Å². The highest BCUT2D eigenvalue weighted by molar-refractivity contribution is 4.80. The van der Waals surface area contributed by atoms with Crippen molar-refractivity contribution in [2.45, 2.75) is 5.54 Å². The van der Waals surface area contributed by atoms with Crippen LogP contribution in [0.1, 0.15) is 0 Å². The van der Waals surface area contributed by atoms with E-state index < -0.39 is 25.4 Å². The lowest BCUT2D eigenvalue weighted by Crippen LogP contribution is -2.50. The van der Waals surface area contributed by atoms with Gasteiger partial charge in [-0.05, 0) is 0 Å². The molecule has 0 bridgehead atoms.